The first kappa shape index (κ1) is 22.5. The number of nitrogens with zero attached hydrogens (tertiary/aromatic N) is 2. The molecule has 1 rings (SSSR count). The molecule has 5 heteroatoms. The summed E-state index contributed by atoms with van der Waals surface area (Å²) in [4.78, 5) is 14.5. The largest absolute Gasteiger partial charge is 0.577 e. The van der Waals surface area contributed by atoms with Crippen molar-refractivity contribution < 1.29 is 21.1 Å². The molecule has 0 spiro atoms. The Hall–Kier alpha value is -0.762. The minimum atomic E-state index is 0. The summed E-state index contributed by atoms with van der Waals surface area (Å²) in [5.41, 5.74) is 11.5. The minimum absolute atomic E-state index is 0. The Morgan fingerprint density at radius 1 is 0.909 bits per heavy atom. The molecule has 1 aromatic carbocycles. The van der Waals surface area contributed by atoms with Crippen molar-refractivity contribution in [3.8, 4) is 0 Å². The molecule has 0 saturated heterocycles. The van der Waals surface area contributed by atoms with E-state index in [-0.39, 0.29) is 28.5 Å². The van der Waals surface area contributed by atoms with Gasteiger partial charge >= 0.3 is 0 Å². The van der Waals surface area contributed by atoms with Crippen LogP contribution in [0.4, 0.5) is 0 Å². The molecule has 0 N–H and O–H groups in total. The summed E-state index contributed by atoms with van der Waals surface area (Å²) < 4.78 is 0. The van der Waals surface area contributed by atoms with Crippen LogP contribution in [0, 0.1) is 17.2 Å². The van der Waals surface area contributed by atoms with E-state index in [4.69, 9.17) is 21.0 Å². The van der Waals surface area contributed by atoms with Gasteiger partial charge in [-0.15, -0.1) is 0 Å². The summed E-state index contributed by atoms with van der Waals surface area (Å²) in [6.07, 6.45) is 0. The van der Waals surface area contributed by atoms with Crippen molar-refractivity contribution in [1.82, 2.24) is 0 Å². The molecule has 0 unspecified atom stereocenters. The second kappa shape index (κ2) is 34.9. The first-order valence-corrected chi connectivity index (χ1v) is 2.03. The van der Waals surface area contributed by atoms with Gasteiger partial charge in [-0.3, -0.25) is 0 Å². The Labute approximate surface area is 80.2 Å². The second-order valence-corrected chi connectivity index (χ2v) is 0.962. The maximum Gasteiger partial charge on any atom is 0 e. The van der Waals surface area contributed by atoms with E-state index in [9.17, 15) is 0 Å². The summed E-state index contributed by atoms with van der Waals surface area (Å²) in [5.74, 6) is 0. The number of rotatable bonds is 0. The SMILES string of the molecule is [CH3-].[N-]=O.[N-]=O.[W].c1cc[cH-]c1. The van der Waals surface area contributed by atoms with Gasteiger partial charge in [0, 0.05) is 21.1 Å². The molecule has 0 aromatic heterocycles. The van der Waals surface area contributed by atoms with Crippen LogP contribution < -0.4 is 0 Å². The smallest absolute Gasteiger partial charge is 0 e. The van der Waals surface area contributed by atoms with E-state index in [1.807, 2.05) is 30.3 Å². The third kappa shape index (κ3) is 26.9. The summed E-state index contributed by atoms with van der Waals surface area (Å²) >= 11 is 0. The van der Waals surface area contributed by atoms with Crippen LogP contribution in [0.5, 0.6) is 0 Å². The molecule has 1 aromatic rings. The third-order valence-corrected chi connectivity index (χ3v) is 0.556. The molecule has 4 nitrogen and oxygen atoms in total. The average Bonchev–Trinajstić information content (AvgIpc) is 2.51. The summed E-state index contributed by atoms with van der Waals surface area (Å²) in [6.45, 7) is 0. The van der Waals surface area contributed by atoms with Crippen LogP contribution in [0.2, 0.25) is 0 Å². The standard InChI is InChI=1S/C5H5.CH3.2NO.W/c1-2-4-5-3-1;;2*1-2;/h1-5H;1H3;;;/q4*-1;. The molecule has 0 aliphatic carbocycles. The predicted molar refractivity (Wildman–Crippen MR) is 41.9 cm³/mol. The molecule has 0 atom stereocenters. The molecule has 0 saturated carbocycles. The van der Waals surface area contributed by atoms with Gasteiger partial charge in [-0.1, -0.05) is 0 Å². The van der Waals surface area contributed by atoms with Crippen LogP contribution in [0.1, 0.15) is 0 Å². The van der Waals surface area contributed by atoms with Crippen molar-refractivity contribution >= 4 is 0 Å². The molecule has 0 amide bonds. The van der Waals surface area contributed by atoms with E-state index in [0.717, 1.165) is 0 Å². The Morgan fingerprint density at radius 3 is 1.27 bits per heavy atom. The van der Waals surface area contributed by atoms with E-state index in [0.29, 0.717) is 0 Å². The van der Waals surface area contributed by atoms with E-state index in [1.54, 1.807) is 0 Å². The Balaban J connectivity index is -0.0000000369. The van der Waals surface area contributed by atoms with Gasteiger partial charge in [0.1, 0.15) is 0 Å². The normalized spacial score (nSPS) is 4.36. The first-order valence-electron chi connectivity index (χ1n) is 2.03. The van der Waals surface area contributed by atoms with Gasteiger partial charge in [-0.25, -0.2) is 12.1 Å². The number of hydrogen-bond acceptors (Lipinski definition) is 2. The van der Waals surface area contributed by atoms with E-state index >= 15 is 0 Å². The van der Waals surface area contributed by atoms with Crippen molar-refractivity contribution in [2.45, 2.75) is 0 Å². The van der Waals surface area contributed by atoms with Gasteiger partial charge in [-0.05, 0) is 0 Å². The minimum Gasteiger partial charge on any atom is -0.577 e. The second-order valence-electron chi connectivity index (χ2n) is 0.962. The van der Waals surface area contributed by atoms with Crippen LogP contribution in [0.3, 0.4) is 0 Å². The molecule has 0 fully saturated rings. The maximum absolute atomic E-state index is 7.25. The van der Waals surface area contributed by atoms with Gasteiger partial charge in [-0.2, -0.15) is 18.2 Å². The van der Waals surface area contributed by atoms with Gasteiger partial charge < -0.3 is 28.4 Å². The molecule has 0 radical (unpaired) electrons. The molecule has 0 aliphatic rings. The average molecular weight is 324 g/mol. The molecule has 64 valence electrons. The zero-order valence-corrected chi connectivity index (χ0v) is 8.94. The Bertz CT molecular complexity index is 94.1. The fourth-order valence-corrected chi connectivity index (χ4v) is 0.321. The first-order chi connectivity index (χ1) is 4.50. The third-order valence-electron chi connectivity index (χ3n) is 0.556. The van der Waals surface area contributed by atoms with Gasteiger partial charge in [0.25, 0.3) is 0 Å². The van der Waals surface area contributed by atoms with E-state index in [2.05, 4.69) is 0 Å². The topological polar surface area (TPSA) is 78.7 Å². The van der Waals surface area contributed by atoms with Crippen LogP contribution in [0.25, 0.3) is 11.2 Å². The van der Waals surface area contributed by atoms with E-state index < -0.39 is 0 Å². The summed E-state index contributed by atoms with van der Waals surface area (Å²) in [5, 5.41) is 0. The predicted octanol–water partition coefficient (Wildman–Crippen LogP) is 2.50. The zero-order valence-electron chi connectivity index (χ0n) is 6.01. The molecule has 0 aliphatic heterocycles. The molecule has 0 bridgehead atoms. The fourth-order valence-electron chi connectivity index (χ4n) is 0.321. The summed E-state index contributed by atoms with van der Waals surface area (Å²) in [7, 11) is 0. The molecular formula is C6H8N2O2W-4. The Morgan fingerprint density at radius 2 is 1.18 bits per heavy atom. The quantitative estimate of drug-likeness (QED) is 0.687. The van der Waals surface area contributed by atoms with Crippen molar-refractivity contribution in [2.75, 3.05) is 0 Å². The number of hydrogen-bond donors (Lipinski definition) is 0. The van der Waals surface area contributed by atoms with Crippen LogP contribution in [0.15, 0.2) is 30.3 Å². The summed E-state index contributed by atoms with van der Waals surface area (Å²) in [6, 6.07) is 10.0. The van der Waals surface area contributed by atoms with Crippen molar-refractivity contribution in [3.63, 3.8) is 0 Å². The molecule has 11 heavy (non-hydrogen) atoms. The van der Waals surface area contributed by atoms with Crippen LogP contribution in [-0.4, -0.2) is 0 Å². The van der Waals surface area contributed by atoms with Crippen LogP contribution >= 0.6 is 0 Å². The molecule has 0 heterocycles. The molecular weight excluding hydrogens is 316 g/mol. The van der Waals surface area contributed by atoms with Crippen molar-refractivity contribution in [3.05, 3.63) is 58.8 Å². The zero-order chi connectivity index (χ0) is 7.54. The van der Waals surface area contributed by atoms with Crippen molar-refractivity contribution in [1.29, 1.82) is 0 Å². The van der Waals surface area contributed by atoms with Gasteiger partial charge in [0.2, 0.25) is 0 Å². The van der Waals surface area contributed by atoms with Gasteiger partial charge in [0.15, 0.2) is 0 Å². The van der Waals surface area contributed by atoms with E-state index in [1.165, 1.54) is 0 Å². The monoisotopic (exact) mass is 324 g/mol. The Kier molecular flexibility index (Phi) is 71.2. The maximum atomic E-state index is 7.25. The number of nitroso groups, excluding NO2 is 2. The van der Waals surface area contributed by atoms with Crippen molar-refractivity contribution in [2.24, 2.45) is 0 Å². The fraction of sp³-hybridized carbons (Fsp3) is 0. The van der Waals surface area contributed by atoms with Crippen LogP contribution in [-0.2, 0) is 21.1 Å². The van der Waals surface area contributed by atoms with Gasteiger partial charge in [0.05, 0.1) is 0 Å².